The molecular weight excluding hydrogens is 256 g/mol. The van der Waals surface area contributed by atoms with Crippen LogP contribution in [0.15, 0.2) is 12.1 Å². The van der Waals surface area contributed by atoms with E-state index in [0.29, 0.717) is 11.5 Å². The SMILES string of the molecule is COc1cc(C)c(C(C)NC(=O)C(C)(C)N)cc1OC. The summed E-state index contributed by atoms with van der Waals surface area (Å²) in [5.41, 5.74) is 6.88. The van der Waals surface area contributed by atoms with E-state index in [2.05, 4.69) is 5.32 Å². The summed E-state index contributed by atoms with van der Waals surface area (Å²) in [4.78, 5) is 11.9. The maximum Gasteiger partial charge on any atom is 0.239 e. The second kappa shape index (κ2) is 6.13. The van der Waals surface area contributed by atoms with Gasteiger partial charge in [0.1, 0.15) is 0 Å². The van der Waals surface area contributed by atoms with Crippen molar-refractivity contribution < 1.29 is 14.3 Å². The fourth-order valence-corrected chi connectivity index (χ4v) is 1.92. The summed E-state index contributed by atoms with van der Waals surface area (Å²) in [6, 6.07) is 3.61. The third-order valence-corrected chi connectivity index (χ3v) is 3.17. The molecule has 1 amide bonds. The van der Waals surface area contributed by atoms with E-state index in [1.807, 2.05) is 26.0 Å². The Morgan fingerprint density at radius 2 is 1.75 bits per heavy atom. The van der Waals surface area contributed by atoms with Crippen LogP contribution in [-0.2, 0) is 4.79 Å². The predicted molar refractivity (Wildman–Crippen MR) is 79.1 cm³/mol. The van der Waals surface area contributed by atoms with Gasteiger partial charge in [0, 0.05) is 0 Å². The molecule has 0 aliphatic rings. The first-order valence-corrected chi connectivity index (χ1v) is 6.53. The monoisotopic (exact) mass is 280 g/mol. The van der Waals surface area contributed by atoms with Crippen molar-refractivity contribution in [1.29, 1.82) is 0 Å². The van der Waals surface area contributed by atoms with E-state index in [-0.39, 0.29) is 11.9 Å². The first-order chi connectivity index (χ1) is 9.20. The first kappa shape index (κ1) is 16.3. The number of nitrogens with one attached hydrogen (secondary N) is 1. The number of ether oxygens (including phenoxy) is 2. The molecule has 1 aromatic carbocycles. The minimum atomic E-state index is -0.904. The maximum absolute atomic E-state index is 11.9. The summed E-state index contributed by atoms with van der Waals surface area (Å²) >= 11 is 0. The molecule has 0 fully saturated rings. The summed E-state index contributed by atoms with van der Waals surface area (Å²) in [5.74, 6) is 1.12. The zero-order chi connectivity index (χ0) is 15.5. The molecule has 1 rings (SSSR count). The average molecular weight is 280 g/mol. The lowest BCUT2D eigenvalue weighted by Gasteiger charge is -2.24. The number of nitrogens with two attached hydrogens (primary N) is 1. The van der Waals surface area contributed by atoms with E-state index in [9.17, 15) is 4.79 Å². The highest BCUT2D eigenvalue weighted by atomic mass is 16.5. The lowest BCUT2D eigenvalue weighted by molar-refractivity contribution is -0.125. The Morgan fingerprint density at radius 3 is 2.20 bits per heavy atom. The number of carbonyl (C=O) groups is 1. The molecule has 5 nitrogen and oxygen atoms in total. The predicted octanol–water partition coefficient (Wildman–Crippen LogP) is 1.93. The van der Waals surface area contributed by atoms with Crippen LogP contribution in [0.25, 0.3) is 0 Å². The van der Waals surface area contributed by atoms with Crippen molar-refractivity contribution in [2.75, 3.05) is 14.2 Å². The number of hydrogen-bond acceptors (Lipinski definition) is 4. The summed E-state index contributed by atoms with van der Waals surface area (Å²) in [6.45, 7) is 7.23. The molecule has 20 heavy (non-hydrogen) atoms. The Kier molecular flexibility index (Phi) is 5.00. The highest BCUT2D eigenvalue weighted by Crippen LogP contribution is 2.32. The molecule has 1 unspecified atom stereocenters. The summed E-state index contributed by atoms with van der Waals surface area (Å²) < 4.78 is 10.5. The number of hydrogen-bond donors (Lipinski definition) is 2. The molecule has 0 bridgehead atoms. The minimum absolute atomic E-state index is 0.162. The van der Waals surface area contributed by atoms with Gasteiger partial charge < -0.3 is 20.5 Å². The molecule has 3 N–H and O–H groups in total. The number of aryl methyl sites for hydroxylation is 1. The number of benzene rings is 1. The van der Waals surface area contributed by atoms with Crippen LogP contribution >= 0.6 is 0 Å². The topological polar surface area (TPSA) is 73.6 Å². The summed E-state index contributed by atoms with van der Waals surface area (Å²) in [7, 11) is 3.18. The quantitative estimate of drug-likeness (QED) is 0.864. The van der Waals surface area contributed by atoms with E-state index in [1.54, 1.807) is 28.1 Å². The zero-order valence-corrected chi connectivity index (χ0v) is 13.0. The van der Waals surface area contributed by atoms with Gasteiger partial charge in [0.2, 0.25) is 5.91 Å². The third kappa shape index (κ3) is 3.63. The zero-order valence-electron chi connectivity index (χ0n) is 13.0. The Bertz CT molecular complexity index is 493. The van der Waals surface area contributed by atoms with Gasteiger partial charge in [0.25, 0.3) is 0 Å². The first-order valence-electron chi connectivity index (χ1n) is 6.53. The van der Waals surface area contributed by atoms with Crippen molar-refractivity contribution >= 4 is 5.91 Å². The van der Waals surface area contributed by atoms with Crippen LogP contribution in [0.1, 0.15) is 37.9 Å². The Morgan fingerprint density at radius 1 is 1.25 bits per heavy atom. The van der Waals surface area contributed by atoms with Crippen molar-refractivity contribution in [3.05, 3.63) is 23.3 Å². The van der Waals surface area contributed by atoms with Gasteiger partial charge >= 0.3 is 0 Å². The molecule has 1 aromatic rings. The third-order valence-electron chi connectivity index (χ3n) is 3.17. The standard InChI is InChI=1S/C15H24N2O3/c1-9-7-12(19-5)13(20-6)8-11(9)10(2)17-14(18)15(3,4)16/h7-8,10H,16H2,1-6H3,(H,17,18). The molecule has 1 atom stereocenters. The van der Waals surface area contributed by atoms with Crippen LogP contribution in [-0.4, -0.2) is 25.7 Å². The maximum atomic E-state index is 11.9. The van der Waals surface area contributed by atoms with Gasteiger partial charge in [-0.1, -0.05) is 0 Å². The van der Waals surface area contributed by atoms with Gasteiger partial charge in [-0.15, -0.1) is 0 Å². The summed E-state index contributed by atoms with van der Waals surface area (Å²) in [6.07, 6.45) is 0. The van der Waals surface area contributed by atoms with E-state index in [1.165, 1.54) is 0 Å². The van der Waals surface area contributed by atoms with Crippen molar-refractivity contribution in [3.63, 3.8) is 0 Å². The van der Waals surface area contributed by atoms with E-state index in [0.717, 1.165) is 11.1 Å². The highest BCUT2D eigenvalue weighted by Gasteiger charge is 2.24. The van der Waals surface area contributed by atoms with Crippen molar-refractivity contribution in [1.82, 2.24) is 5.32 Å². The Labute approximate surface area is 120 Å². The van der Waals surface area contributed by atoms with E-state index in [4.69, 9.17) is 15.2 Å². The van der Waals surface area contributed by atoms with Crippen LogP contribution in [0.4, 0.5) is 0 Å². The average Bonchev–Trinajstić information content (AvgIpc) is 2.36. The van der Waals surface area contributed by atoms with Crippen LogP contribution in [0.2, 0.25) is 0 Å². The van der Waals surface area contributed by atoms with Gasteiger partial charge in [-0.3, -0.25) is 4.79 Å². The molecular formula is C15H24N2O3. The second-order valence-corrected chi connectivity index (χ2v) is 5.48. The fraction of sp³-hybridized carbons (Fsp3) is 0.533. The van der Waals surface area contributed by atoms with Crippen LogP contribution < -0.4 is 20.5 Å². The number of amides is 1. The number of methoxy groups -OCH3 is 2. The van der Waals surface area contributed by atoms with Gasteiger partial charge in [-0.05, 0) is 51.0 Å². The van der Waals surface area contributed by atoms with Gasteiger partial charge in [0.15, 0.2) is 11.5 Å². The molecule has 0 spiro atoms. The number of rotatable bonds is 5. The Hall–Kier alpha value is -1.75. The van der Waals surface area contributed by atoms with Crippen LogP contribution in [0.3, 0.4) is 0 Å². The van der Waals surface area contributed by atoms with E-state index < -0.39 is 5.54 Å². The van der Waals surface area contributed by atoms with Crippen LogP contribution in [0.5, 0.6) is 11.5 Å². The molecule has 0 radical (unpaired) electrons. The minimum Gasteiger partial charge on any atom is -0.493 e. The van der Waals surface area contributed by atoms with Crippen molar-refractivity contribution in [2.24, 2.45) is 5.73 Å². The molecule has 0 heterocycles. The highest BCUT2D eigenvalue weighted by molar-refractivity contribution is 5.85. The van der Waals surface area contributed by atoms with Gasteiger partial charge in [-0.25, -0.2) is 0 Å². The van der Waals surface area contributed by atoms with Gasteiger partial charge in [0.05, 0.1) is 25.8 Å². The molecule has 0 aliphatic heterocycles. The fourth-order valence-electron chi connectivity index (χ4n) is 1.92. The van der Waals surface area contributed by atoms with Crippen molar-refractivity contribution in [3.8, 4) is 11.5 Å². The molecule has 0 aliphatic carbocycles. The molecule has 5 heteroatoms. The summed E-state index contributed by atoms with van der Waals surface area (Å²) in [5, 5.41) is 2.91. The Balaban J connectivity index is 3.04. The molecule has 112 valence electrons. The largest absolute Gasteiger partial charge is 0.493 e. The second-order valence-electron chi connectivity index (χ2n) is 5.48. The molecule has 0 aromatic heterocycles. The van der Waals surface area contributed by atoms with E-state index >= 15 is 0 Å². The normalized spacial score (nSPS) is 12.8. The molecule has 0 saturated carbocycles. The number of carbonyl (C=O) groups excluding carboxylic acids is 1. The molecule has 0 saturated heterocycles. The van der Waals surface area contributed by atoms with Gasteiger partial charge in [-0.2, -0.15) is 0 Å². The lowest BCUT2D eigenvalue weighted by Crippen LogP contribution is -2.49. The smallest absolute Gasteiger partial charge is 0.239 e. The van der Waals surface area contributed by atoms with Crippen molar-refractivity contribution in [2.45, 2.75) is 39.3 Å². The lowest BCUT2D eigenvalue weighted by atomic mass is 9.99. The van der Waals surface area contributed by atoms with Crippen LogP contribution in [0, 0.1) is 6.92 Å².